The third-order valence-electron chi connectivity index (χ3n) is 6.42. The highest BCUT2D eigenvalue weighted by Gasteiger charge is 2.31. The van der Waals surface area contributed by atoms with Crippen LogP contribution in [-0.2, 0) is 32.8 Å². The molecular formula is C31H39N3O5S. The normalized spacial score (nSPS) is 11.9. The van der Waals surface area contributed by atoms with Crippen LogP contribution in [0, 0.1) is 6.92 Å². The van der Waals surface area contributed by atoms with Crippen molar-refractivity contribution in [2.45, 2.75) is 52.8 Å². The van der Waals surface area contributed by atoms with Crippen LogP contribution in [0.3, 0.4) is 0 Å². The molecule has 1 atom stereocenters. The molecule has 0 unspecified atom stereocenters. The van der Waals surface area contributed by atoms with Gasteiger partial charge in [0.1, 0.15) is 24.9 Å². The Balaban J connectivity index is 1.84. The molecule has 1 N–H and O–H groups in total. The van der Waals surface area contributed by atoms with Gasteiger partial charge in [0.2, 0.25) is 21.8 Å². The summed E-state index contributed by atoms with van der Waals surface area (Å²) in [7, 11) is -3.82. The summed E-state index contributed by atoms with van der Waals surface area (Å²) in [6.07, 6.45) is 2.22. The lowest BCUT2D eigenvalue weighted by molar-refractivity contribution is -0.140. The summed E-state index contributed by atoms with van der Waals surface area (Å²) in [5.74, 6) is -0.141. The van der Waals surface area contributed by atoms with Crippen molar-refractivity contribution >= 4 is 27.5 Å². The number of rotatable bonds is 14. The average Bonchev–Trinajstić information content (AvgIpc) is 2.93. The molecule has 0 fully saturated rings. The quantitative estimate of drug-likeness (QED) is 0.306. The number of nitrogens with one attached hydrogen (secondary N) is 1. The van der Waals surface area contributed by atoms with Crippen molar-refractivity contribution in [2.75, 3.05) is 23.7 Å². The average molecular weight is 566 g/mol. The Morgan fingerprint density at radius 2 is 1.60 bits per heavy atom. The third-order valence-corrected chi connectivity index (χ3v) is 7.56. The van der Waals surface area contributed by atoms with Crippen molar-refractivity contribution in [3.05, 3.63) is 95.6 Å². The Bertz CT molecular complexity index is 1360. The minimum atomic E-state index is -3.82. The molecule has 3 aromatic rings. The summed E-state index contributed by atoms with van der Waals surface area (Å²) in [6.45, 7) is 6.37. The van der Waals surface area contributed by atoms with Crippen molar-refractivity contribution in [1.82, 2.24) is 10.2 Å². The SMILES string of the molecule is CCCNC(=O)[C@@H](CC)N(Cc1cccc(C)c1)C(=O)CN(c1ccc(OCc2ccccc2)cc1)S(C)(=O)=O. The smallest absolute Gasteiger partial charge is 0.244 e. The van der Waals surface area contributed by atoms with E-state index in [0.29, 0.717) is 31.0 Å². The highest BCUT2D eigenvalue weighted by Crippen LogP contribution is 2.23. The maximum atomic E-state index is 13.8. The number of hydrogen-bond acceptors (Lipinski definition) is 5. The van der Waals surface area contributed by atoms with Crippen LogP contribution in [0.4, 0.5) is 5.69 Å². The van der Waals surface area contributed by atoms with Crippen LogP contribution >= 0.6 is 0 Å². The summed E-state index contributed by atoms with van der Waals surface area (Å²) in [5, 5.41) is 2.88. The molecule has 0 aliphatic rings. The minimum absolute atomic E-state index is 0.183. The molecule has 214 valence electrons. The fraction of sp³-hybridized carbons (Fsp3) is 0.355. The van der Waals surface area contributed by atoms with E-state index in [-0.39, 0.29) is 12.5 Å². The van der Waals surface area contributed by atoms with Gasteiger partial charge in [-0.3, -0.25) is 13.9 Å². The van der Waals surface area contributed by atoms with Gasteiger partial charge >= 0.3 is 0 Å². The lowest BCUT2D eigenvalue weighted by Gasteiger charge is -2.33. The number of ether oxygens (including phenoxy) is 1. The molecule has 40 heavy (non-hydrogen) atoms. The van der Waals surface area contributed by atoms with E-state index < -0.39 is 28.5 Å². The molecule has 9 heteroatoms. The highest BCUT2D eigenvalue weighted by molar-refractivity contribution is 7.92. The molecule has 0 aromatic heterocycles. The van der Waals surface area contributed by atoms with E-state index in [0.717, 1.165) is 33.7 Å². The first kappa shape index (κ1) is 30.7. The van der Waals surface area contributed by atoms with Crippen LogP contribution in [0.2, 0.25) is 0 Å². The summed E-state index contributed by atoms with van der Waals surface area (Å²) >= 11 is 0. The topological polar surface area (TPSA) is 96.0 Å². The van der Waals surface area contributed by atoms with E-state index >= 15 is 0 Å². The Morgan fingerprint density at radius 3 is 2.20 bits per heavy atom. The Kier molecular flexibility index (Phi) is 11.1. The summed E-state index contributed by atoms with van der Waals surface area (Å²) in [5.41, 5.74) is 3.24. The molecule has 0 spiro atoms. The first-order chi connectivity index (χ1) is 19.1. The monoisotopic (exact) mass is 565 g/mol. The number of benzene rings is 3. The second-order valence-corrected chi connectivity index (χ2v) is 11.7. The van der Waals surface area contributed by atoms with Gasteiger partial charge in [-0.25, -0.2) is 8.42 Å². The maximum Gasteiger partial charge on any atom is 0.244 e. The van der Waals surface area contributed by atoms with Crippen LogP contribution in [0.1, 0.15) is 43.4 Å². The molecule has 3 rings (SSSR count). The Morgan fingerprint density at radius 1 is 0.925 bits per heavy atom. The van der Waals surface area contributed by atoms with Crippen molar-refractivity contribution < 1.29 is 22.7 Å². The van der Waals surface area contributed by atoms with Gasteiger partial charge in [-0.15, -0.1) is 0 Å². The molecule has 3 aromatic carbocycles. The van der Waals surface area contributed by atoms with Gasteiger partial charge in [0.15, 0.2) is 0 Å². The highest BCUT2D eigenvalue weighted by atomic mass is 32.2. The molecular weight excluding hydrogens is 526 g/mol. The van der Waals surface area contributed by atoms with Gasteiger partial charge in [-0.1, -0.05) is 74.0 Å². The minimum Gasteiger partial charge on any atom is -0.489 e. The van der Waals surface area contributed by atoms with Crippen LogP contribution in [0.15, 0.2) is 78.9 Å². The number of sulfonamides is 1. The number of aryl methyl sites for hydroxylation is 1. The van der Waals surface area contributed by atoms with Gasteiger partial charge in [0.25, 0.3) is 0 Å². The molecule has 0 saturated heterocycles. The molecule has 0 bridgehead atoms. The molecule has 2 amide bonds. The van der Waals surface area contributed by atoms with Crippen LogP contribution in [-0.4, -0.2) is 50.5 Å². The maximum absolute atomic E-state index is 13.8. The van der Waals surface area contributed by atoms with E-state index in [4.69, 9.17) is 4.74 Å². The molecule has 0 aliphatic carbocycles. The van der Waals surface area contributed by atoms with Gasteiger partial charge < -0.3 is 15.0 Å². The van der Waals surface area contributed by atoms with Gasteiger partial charge in [0.05, 0.1) is 11.9 Å². The lowest BCUT2D eigenvalue weighted by Crippen LogP contribution is -2.52. The van der Waals surface area contributed by atoms with E-state index in [1.54, 1.807) is 24.3 Å². The Labute approximate surface area is 238 Å². The third kappa shape index (κ3) is 8.84. The number of amides is 2. The van der Waals surface area contributed by atoms with E-state index in [1.807, 2.05) is 75.4 Å². The number of hydrogen-bond donors (Lipinski definition) is 1. The number of carbonyl (C=O) groups excluding carboxylic acids is 2. The zero-order valence-corrected chi connectivity index (χ0v) is 24.5. The van der Waals surface area contributed by atoms with Crippen LogP contribution < -0.4 is 14.4 Å². The standard InChI is InChI=1S/C31H39N3O5S/c1-5-19-32-31(36)29(6-2)33(21-26-14-10-11-24(3)20-26)30(35)22-34(40(4,37)38)27-15-17-28(18-16-27)39-23-25-12-8-7-9-13-25/h7-18,20,29H,5-6,19,21-23H2,1-4H3,(H,32,36)/t29-/m1/s1. The fourth-order valence-corrected chi connectivity index (χ4v) is 5.21. The zero-order chi connectivity index (χ0) is 29.1. The van der Waals surface area contributed by atoms with Crippen molar-refractivity contribution in [2.24, 2.45) is 0 Å². The van der Waals surface area contributed by atoms with Crippen molar-refractivity contribution in [3.63, 3.8) is 0 Å². The molecule has 0 heterocycles. The van der Waals surface area contributed by atoms with Crippen LogP contribution in [0.5, 0.6) is 5.75 Å². The largest absolute Gasteiger partial charge is 0.489 e. The van der Waals surface area contributed by atoms with Crippen molar-refractivity contribution in [3.8, 4) is 5.75 Å². The first-order valence-corrected chi connectivity index (χ1v) is 15.3. The van der Waals surface area contributed by atoms with E-state index in [2.05, 4.69) is 5.32 Å². The summed E-state index contributed by atoms with van der Waals surface area (Å²) in [4.78, 5) is 28.3. The molecule has 0 saturated carbocycles. The summed E-state index contributed by atoms with van der Waals surface area (Å²) in [6, 6.07) is 23.3. The molecule has 8 nitrogen and oxygen atoms in total. The Hall–Kier alpha value is -3.85. The summed E-state index contributed by atoms with van der Waals surface area (Å²) < 4.78 is 32.6. The lowest BCUT2D eigenvalue weighted by atomic mass is 10.1. The second kappa shape index (κ2) is 14.5. The second-order valence-electron chi connectivity index (χ2n) is 9.76. The van der Waals surface area contributed by atoms with Gasteiger partial charge in [0, 0.05) is 13.1 Å². The van der Waals surface area contributed by atoms with Crippen molar-refractivity contribution in [1.29, 1.82) is 0 Å². The van der Waals surface area contributed by atoms with E-state index in [9.17, 15) is 18.0 Å². The van der Waals surface area contributed by atoms with Crippen LogP contribution in [0.25, 0.3) is 0 Å². The predicted molar refractivity (Wildman–Crippen MR) is 159 cm³/mol. The molecule has 0 radical (unpaired) electrons. The van der Waals surface area contributed by atoms with Gasteiger partial charge in [-0.2, -0.15) is 0 Å². The predicted octanol–water partition coefficient (Wildman–Crippen LogP) is 4.67. The first-order valence-electron chi connectivity index (χ1n) is 13.5. The number of anilines is 1. The number of carbonyl (C=O) groups is 2. The number of nitrogens with zero attached hydrogens (tertiary/aromatic N) is 2. The fourth-order valence-electron chi connectivity index (χ4n) is 4.36. The van der Waals surface area contributed by atoms with E-state index in [1.165, 1.54) is 4.90 Å². The zero-order valence-electron chi connectivity index (χ0n) is 23.7. The molecule has 0 aliphatic heterocycles. The van der Waals surface area contributed by atoms with Gasteiger partial charge in [-0.05, 0) is 55.2 Å².